The van der Waals surface area contributed by atoms with Gasteiger partial charge in [-0.1, -0.05) is 84.3 Å². The van der Waals surface area contributed by atoms with Gasteiger partial charge < -0.3 is 9.97 Å². The van der Waals surface area contributed by atoms with E-state index in [1.165, 1.54) is 122 Å². The van der Waals surface area contributed by atoms with Crippen molar-refractivity contribution in [3.8, 4) is 22.3 Å². The Hall–Kier alpha value is -2.92. The van der Waals surface area contributed by atoms with E-state index >= 15 is 0 Å². The largest absolute Gasteiger partial charge is 2.00 e. The van der Waals surface area contributed by atoms with Gasteiger partial charge in [0.1, 0.15) is 0 Å². The van der Waals surface area contributed by atoms with E-state index in [0.29, 0.717) is 10.3 Å². The van der Waals surface area contributed by atoms with Crippen LogP contribution in [0.5, 0.6) is 0 Å². The van der Waals surface area contributed by atoms with E-state index in [-0.39, 0.29) is 30.1 Å². The SMILES string of the molecule is PC(c1cc[nH]c1)(c1cc[nH]c1)c1cc(-c2ccccc2)[c-](-c2ccccc2)c1CP(C12CC3CC(CC(C3)C1)C2)C12CC3CC(CC(C3)C1)C2.[Fe+2].c1cc[cH-]c1. The molecule has 0 spiro atoms. The van der Waals surface area contributed by atoms with Crippen LogP contribution in [0.15, 0.2) is 134 Å². The Bertz CT molecular complexity index is 2050. The van der Waals surface area contributed by atoms with Crippen LogP contribution in [0.3, 0.4) is 0 Å². The number of H-pyrrole nitrogens is 2. The van der Waals surface area contributed by atoms with Gasteiger partial charge in [0.05, 0.1) is 0 Å². The first-order valence-electron chi connectivity index (χ1n) is 21.9. The standard InChI is InChI=1S/C47H53N2P2.C5H5.Fe/c50-47(39-11-13-48-28-39,40-12-14-49-29-40)43-21-41(37-7-3-1-4-8-37)44(38-9-5-2-6-10-38)42(43)30-51(45-22-31-15-32(23-45)17-33(16-31)24-45)46-25-34-18-35(26-46)20-36(19-34)27-46;1-2-4-5-3-1;/h1-14,21,28-29,31-36,48-49H,15-20,22-27,30,50H2;1-5H;/q2*-1;+2. The quantitative estimate of drug-likeness (QED) is 0.0827. The average Bonchev–Trinajstić information content (AvgIpc) is 4.05. The third-order valence-corrected chi connectivity index (χ3v) is 20.9. The van der Waals surface area contributed by atoms with Crippen molar-refractivity contribution in [2.75, 3.05) is 0 Å². The topological polar surface area (TPSA) is 31.6 Å². The van der Waals surface area contributed by atoms with E-state index < -0.39 is 0 Å². The molecule has 2 aromatic heterocycles. The second-order valence-corrected chi connectivity index (χ2v) is 23.3. The van der Waals surface area contributed by atoms with Gasteiger partial charge in [0.15, 0.2) is 0 Å². The van der Waals surface area contributed by atoms with Gasteiger partial charge in [0.2, 0.25) is 0 Å². The molecule has 2 nitrogen and oxygen atoms in total. The molecule has 8 aliphatic carbocycles. The summed E-state index contributed by atoms with van der Waals surface area (Å²) in [5.74, 6) is 5.94. The van der Waals surface area contributed by atoms with Gasteiger partial charge in [-0.2, -0.15) is 18.2 Å². The monoisotopic (exact) mass is 828 g/mol. The molecule has 0 saturated heterocycles. The van der Waals surface area contributed by atoms with Gasteiger partial charge in [-0.05, 0) is 152 Å². The fourth-order valence-electron chi connectivity index (χ4n) is 14.6. The molecule has 4 aromatic carbocycles. The summed E-state index contributed by atoms with van der Waals surface area (Å²) in [6.45, 7) is 0. The van der Waals surface area contributed by atoms with Crippen molar-refractivity contribution in [3.05, 3.63) is 156 Å². The molecule has 2 heterocycles. The fraction of sp³-hybridized carbons (Fsp3) is 0.423. The summed E-state index contributed by atoms with van der Waals surface area (Å²) in [6, 6.07) is 40.2. The van der Waals surface area contributed by atoms with E-state index in [0.717, 1.165) is 35.5 Å². The number of hydrogen-bond acceptors (Lipinski definition) is 0. The number of nitrogens with one attached hydrogen (secondary N) is 2. The molecule has 5 heteroatoms. The van der Waals surface area contributed by atoms with E-state index in [1.807, 2.05) is 30.3 Å². The summed E-state index contributed by atoms with van der Waals surface area (Å²) in [4.78, 5) is 6.94. The van der Waals surface area contributed by atoms with E-state index in [2.05, 4.69) is 123 Å². The first-order valence-corrected chi connectivity index (χ1v) is 24.0. The third-order valence-electron chi connectivity index (χ3n) is 15.9. The molecule has 294 valence electrons. The zero-order valence-corrected chi connectivity index (χ0v) is 36.4. The van der Waals surface area contributed by atoms with Gasteiger partial charge in [-0.15, -0.1) is 33.0 Å². The van der Waals surface area contributed by atoms with Crippen molar-refractivity contribution in [1.82, 2.24) is 9.97 Å². The number of aromatic nitrogens is 2. The molecule has 8 fully saturated rings. The first-order chi connectivity index (χ1) is 27.5. The molecule has 57 heavy (non-hydrogen) atoms. The molecule has 8 bridgehead atoms. The summed E-state index contributed by atoms with van der Waals surface area (Å²) in [7, 11) is 3.20. The molecule has 1 unspecified atom stereocenters. The second-order valence-electron chi connectivity index (χ2n) is 19.4. The fourth-order valence-corrected chi connectivity index (χ4v) is 20.4. The minimum Gasteiger partial charge on any atom is -0.367 e. The zero-order valence-electron chi connectivity index (χ0n) is 33.2. The Kier molecular flexibility index (Phi) is 10.3. The Morgan fingerprint density at radius 1 is 0.632 bits per heavy atom. The van der Waals surface area contributed by atoms with Gasteiger partial charge in [0.25, 0.3) is 0 Å². The predicted molar refractivity (Wildman–Crippen MR) is 239 cm³/mol. The summed E-state index contributed by atoms with van der Waals surface area (Å²) in [6.07, 6.45) is 28.5. The van der Waals surface area contributed by atoms with Gasteiger partial charge in [-0.25, -0.2) is 12.1 Å². The maximum atomic E-state index is 3.47. The molecule has 6 aromatic rings. The number of rotatable bonds is 9. The van der Waals surface area contributed by atoms with Crippen molar-refractivity contribution < 1.29 is 17.1 Å². The van der Waals surface area contributed by atoms with Crippen LogP contribution in [0.25, 0.3) is 22.3 Å². The molecule has 8 saturated carbocycles. The summed E-state index contributed by atoms with van der Waals surface area (Å²) in [5, 5.41) is 0.767. The van der Waals surface area contributed by atoms with Gasteiger partial charge in [0, 0.05) is 29.9 Å². The van der Waals surface area contributed by atoms with Crippen molar-refractivity contribution in [2.45, 2.75) is 98.7 Å². The molecule has 0 radical (unpaired) electrons. The van der Waals surface area contributed by atoms with Crippen LogP contribution >= 0.6 is 17.2 Å². The minimum absolute atomic E-state index is 0. The van der Waals surface area contributed by atoms with Crippen LogP contribution in [0.2, 0.25) is 0 Å². The van der Waals surface area contributed by atoms with Gasteiger partial charge >= 0.3 is 17.1 Å². The van der Waals surface area contributed by atoms with Crippen LogP contribution in [0.4, 0.5) is 0 Å². The van der Waals surface area contributed by atoms with Crippen LogP contribution in [0.1, 0.15) is 99.3 Å². The minimum atomic E-state index is -0.365. The maximum Gasteiger partial charge on any atom is 2.00 e. The molecule has 1 atom stereocenters. The summed E-state index contributed by atoms with van der Waals surface area (Å²) >= 11 is 0. The molecular formula is C52H58FeN2P2. The number of aromatic amines is 2. The molecular weight excluding hydrogens is 770 g/mol. The van der Waals surface area contributed by atoms with Crippen molar-refractivity contribution in [1.29, 1.82) is 0 Å². The molecule has 0 amide bonds. The Morgan fingerprint density at radius 2 is 1.09 bits per heavy atom. The number of benzene rings is 2. The second kappa shape index (κ2) is 15.3. The Balaban J connectivity index is 0.000000616. The molecule has 0 aliphatic heterocycles. The Labute approximate surface area is 355 Å². The van der Waals surface area contributed by atoms with Crippen LogP contribution in [-0.2, 0) is 28.4 Å². The van der Waals surface area contributed by atoms with E-state index in [4.69, 9.17) is 0 Å². The van der Waals surface area contributed by atoms with Crippen molar-refractivity contribution in [3.63, 3.8) is 0 Å². The van der Waals surface area contributed by atoms with Crippen LogP contribution in [-0.4, -0.2) is 20.3 Å². The molecule has 8 aliphatic rings. The van der Waals surface area contributed by atoms with Crippen molar-refractivity contribution in [2.24, 2.45) is 35.5 Å². The normalized spacial score (nSPS) is 31.1. The smallest absolute Gasteiger partial charge is 0.367 e. The third kappa shape index (κ3) is 6.67. The predicted octanol–water partition coefficient (Wildman–Crippen LogP) is 13.9. The average molecular weight is 829 g/mol. The first kappa shape index (κ1) is 38.3. The summed E-state index contributed by atoms with van der Waals surface area (Å²) < 4.78 is 0. The molecule has 2 N–H and O–H groups in total. The number of hydrogen-bond donors (Lipinski definition) is 2. The van der Waals surface area contributed by atoms with Gasteiger partial charge in [-0.3, -0.25) is 0 Å². The van der Waals surface area contributed by atoms with Crippen LogP contribution in [0, 0.1) is 35.5 Å². The maximum absolute atomic E-state index is 3.47. The zero-order chi connectivity index (χ0) is 37.3. The summed E-state index contributed by atoms with van der Waals surface area (Å²) in [5.41, 5.74) is 11.5. The van der Waals surface area contributed by atoms with E-state index in [9.17, 15) is 0 Å². The van der Waals surface area contributed by atoms with Crippen molar-refractivity contribution >= 4 is 17.2 Å². The van der Waals surface area contributed by atoms with Crippen LogP contribution < -0.4 is 0 Å². The van der Waals surface area contributed by atoms with E-state index in [1.54, 1.807) is 5.56 Å². The molecule has 14 rings (SSSR count). The Morgan fingerprint density at radius 3 is 1.49 bits per heavy atom.